The number of carbonyl (C=O) groups is 2. The third-order valence-electron chi connectivity index (χ3n) is 2.41. The highest BCUT2D eigenvalue weighted by Crippen LogP contribution is 2.15. The van der Waals surface area contributed by atoms with Gasteiger partial charge in [0.1, 0.15) is 0 Å². The van der Waals surface area contributed by atoms with Crippen molar-refractivity contribution >= 4 is 27.1 Å². The number of rotatable bonds is 6. The second-order valence-corrected chi connectivity index (χ2v) is 4.57. The van der Waals surface area contributed by atoms with Crippen molar-refractivity contribution in [3.8, 4) is 0 Å². The van der Waals surface area contributed by atoms with Crippen molar-refractivity contribution in [3.05, 3.63) is 30.1 Å². The number of hydrogen-bond acceptors (Lipinski definition) is 5. The van der Waals surface area contributed by atoms with Crippen molar-refractivity contribution in [2.45, 2.75) is 12.8 Å². The fourth-order valence-electron chi connectivity index (χ4n) is 1.56. The summed E-state index contributed by atoms with van der Waals surface area (Å²) in [5, 5.41) is 17.6. The monoisotopic (exact) mass is 285 g/mol. The molecule has 0 radical (unpaired) electrons. The summed E-state index contributed by atoms with van der Waals surface area (Å²) in [7, 11) is -2.75. The Kier molecular flexibility index (Phi) is 5.19. The van der Waals surface area contributed by atoms with Crippen molar-refractivity contribution in [2.24, 2.45) is 5.92 Å². The molecule has 0 aliphatic rings. The lowest BCUT2D eigenvalue weighted by molar-refractivity contribution is -0.140. The van der Waals surface area contributed by atoms with Gasteiger partial charge in [-0.1, -0.05) is 0 Å². The van der Waals surface area contributed by atoms with Crippen LogP contribution in [0.25, 0.3) is 0 Å². The Morgan fingerprint density at radius 1 is 1.21 bits per heavy atom. The van der Waals surface area contributed by atoms with Crippen LogP contribution in [0.1, 0.15) is 18.4 Å². The molecule has 1 aromatic rings. The summed E-state index contributed by atoms with van der Waals surface area (Å²) < 4.78 is 22.4. The van der Waals surface area contributed by atoms with Crippen LogP contribution >= 0.6 is 0 Å². The first kappa shape index (κ1) is 14.8. The average molecular weight is 285 g/mol. The van der Waals surface area contributed by atoms with Crippen LogP contribution in [0, 0.1) is 5.92 Å². The van der Waals surface area contributed by atoms with E-state index in [4.69, 9.17) is 10.2 Å². The maximum Gasteiger partial charge on any atom is 0.312 e. The largest absolute Gasteiger partial charge is 0.481 e. The molecule has 0 amide bonds. The van der Waals surface area contributed by atoms with Crippen LogP contribution < -0.4 is 0 Å². The van der Waals surface area contributed by atoms with E-state index in [-0.39, 0.29) is 16.8 Å². The first-order valence-electron chi connectivity index (χ1n) is 5.24. The highest BCUT2D eigenvalue weighted by Gasteiger charge is 2.27. The zero-order valence-electron chi connectivity index (χ0n) is 9.68. The van der Waals surface area contributed by atoms with E-state index < -0.39 is 34.6 Å². The van der Waals surface area contributed by atoms with Gasteiger partial charge in [-0.2, -0.15) is 8.42 Å². The number of carboxylic acids is 2. The van der Waals surface area contributed by atoms with E-state index in [1.807, 2.05) is 0 Å². The van der Waals surface area contributed by atoms with E-state index >= 15 is 0 Å². The highest BCUT2D eigenvalue weighted by atomic mass is 32.2. The van der Waals surface area contributed by atoms with Gasteiger partial charge in [0.25, 0.3) is 0 Å². The Labute approximate surface area is 110 Å². The van der Waals surface area contributed by atoms with Crippen LogP contribution in [-0.2, 0) is 19.9 Å². The van der Waals surface area contributed by atoms with Gasteiger partial charge < -0.3 is 10.2 Å². The van der Waals surface area contributed by atoms with Crippen molar-refractivity contribution in [3.63, 3.8) is 0 Å². The van der Waals surface area contributed by atoms with Gasteiger partial charge in [-0.05, 0) is 24.1 Å². The SMILES string of the molecule is O=C(O)CCC(C(=O)O)C(c1ccncc1)=S(=O)=O. The van der Waals surface area contributed by atoms with Crippen molar-refractivity contribution in [1.82, 2.24) is 4.98 Å². The van der Waals surface area contributed by atoms with Gasteiger partial charge in [-0.15, -0.1) is 0 Å². The summed E-state index contributed by atoms with van der Waals surface area (Å²) in [4.78, 5) is 25.0. The molecule has 0 aliphatic heterocycles. The van der Waals surface area contributed by atoms with Crippen LogP contribution in [-0.4, -0.2) is 40.4 Å². The van der Waals surface area contributed by atoms with Crippen LogP contribution in [0.2, 0.25) is 0 Å². The smallest absolute Gasteiger partial charge is 0.312 e. The molecule has 1 heterocycles. The third kappa shape index (κ3) is 4.18. The minimum atomic E-state index is -2.75. The number of nitrogens with zero attached hydrogens (tertiary/aromatic N) is 1. The summed E-state index contributed by atoms with van der Waals surface area (Å²) in [6, 6.07) is 2.73. The fourth-order valence-corrected chi connectivity index (χ4v) is 2.34. The predicted molar refractivity (Wildman–Crippen MR) is 65.3 cm³/mol. The number of hydrogen-bond donors (Lipinski definition) is 2. The van der Waals surface area contributed by atoms with E-state index in [9.17, 15) is 18.0 Å². The maximum atomic E-state index is 11.2. The molecule has 8 heteroatoms. The molecule has 0 aromatic carbocycles. The molecule has 1 atom stereocenters. The summed E-state index contributed by atoms with van der Waals surface area (Å²) in [6.07, 6.45) is 1.94. The number of carboxylic acid groups (broad SMARTS) is 2. The molecular formula is C11H11NO6S. The normalized spacial score (nSPS) is 11.6. The van der Waals surface area contributed by atoms with Gasteiger partial charge in [0, 0.05) is 18.8 Å². The van der Waals surface area contributed by atoms with Crippen molar-refractivity contribution < 1.29 is 28.2 Å². The van der Waals surface area contributed by atoms with Crippen molar-refractivity contribution in [2.75, 3.05) is 0 Å². The molecule has 0 fully saturated rings. The van der Waals surface area contributed by atoms with E-state index in [1.165, 1.54) is 24.5 Å². The molecule has 102 valence electrons. The Bertz CT molecular complexity index is 599. The second kappa shape index (κ2) is 6.64. The van der Waals surface area contributed by atoms with Gasteiger partial charge in [0.15, 0.2) is 0 Å². The van der Waals surface area contributed by atoms with E-state index in [2.05, 4.69) is 4.98 Å². The zero-order valence-corrected chi connectivity index (χ0v) is 10.5. The Balaban J connectivity index is 3.20. The third-order valence-corrected chi connectivity index (χ3v) is 3.29. The minimum absolute atomic E-state index is 0.195. The highest BCUT2D eigenvalue weighted by molar-refractivity contribution is 7.73. The zero-order chi connectivity index (χ0) is 14.4. The molecule has 19 heavy (non-hydrogen) atoms. The van der Waals surface area contributed by atoms with Gasteiger partial charge in [0.2, 0.25) is 10.3 Å². The predicted octanol–water partition coefficient (Wildman–Crippen LogP) is 0.0468. The average Bonchev–Trinajstić information content (AvgIpc) is 2.34. The lowest BCUT2D eigenvalue weighted by Crippen LogP contribution is -2.26. The number of aliphatic carboxylic acids is 2. The van der Waals surface area contributed by atoms with E-state index in [0.717, 1.165) is 0 Å². The molecule has 1 unspecified atom stereocenters. The molecule has 0 bridgehead atoms. The fraction of sp³-hybridized carbons (Fsp3) is 0.273. The standard InChI is InChI=1S/C11H11NO6S/c13-9(14)2-1-8(11(15)16)10(19(17)18)7-3-5-12-6-4-7/h3-6,8H,1-2H2,(H,13,14)(H,15,16). The minimum Gasteiger partial charge on any atom is -0.481 e. The summed E-state index contributed by atoms with van der Waals surface area (Å²) in [6.45, 7) is 0. The van der Waals surface area contributed by atoms with Crippen LogP contribution in [0.15, 0.2) is 24.5 Å². The second-order valence-electron chi connectivity index (χ2n) is 3.66. The number of aromatic nitrogens is 1. The molecule has 0 saturated carbocycles. The lowest BCUT2D eigenvalue weighted by atomic mass is 9.95. The van der Waals surface area contributed by atoms with Crippen LogP contribution in [0.5, 0.6) is 0 Å². The Morgan fingerprint density at radius 2 is 1.79 bits per heavy atom. The molecule has 0 spiro atoms. The molecule has 0 saturated heterocycles. The van der Waals surface area contributed by atoms with Crippen LogP contribution in [0.4, 0.5) is 0 Å². The first-order valence-corrected chi connectivity index (χ1v) is 6.32. The van der Waals surface area contributed by atoms with Crippen LogP contribution in [0.3, 0.4) is 0 Å². The number of pyridine rings is 1. The summed E-state index contributed by atoms with van der Waals surface area (Å²) in [5.41, 5.74) is 0.195. The lowest BCUT2D eigenvalue weighted by Gasteiger charge is -2.11. The maximum absolute atomic E-state index is 11.2. The van der Waals surface area contributed by atoms with E-state index in [0.29, 0.717) is 0 Å². The molecule has 1 rings (SSSR count). The summed E-state index contributed by atoms with van der Waals surface area (Å²) in [5.74, 6) is -3.95. The first-order chi connectivity index (χ1) is 8.93. The van der Waals surface area contributed by atoms with Gasteiger partial charge >= 0.3 is 11.9 Å². The van der Waals surface area contributed by atoms with Gasteiger partial charge in [-0.3, -0.25) is 14.6 Å². The quantitative estimate of drug-likeness (QED) is 0.559. The molecule has 2 N–H and O–H groups in total. The Hall–Kier alpha value is -2.22. The topological polar surface area (TPSA) is 122 Å². The summed E-state index contributed by atoms with van der Waals surface area (Å²) >= 11 is 0. The molecule has 7 nitrogen and oxygen atoms in total. The molecule has 1 aromatic heterocycles. The van der Waals surface area contributed by atoms with E-state index in [1.54, 1.807) is 0 Å². The Morgan fingerprint density at radius 3 is 2.21 bits per heavy atom. The van der Waals surface area contributed by atoms with Crippen molar-refractivity contribution in [1.29, 1.82) is 0 Å². The van der Waals surface area contributed by atoms with Gasteiger partial charge in [-0.25, -0.2) is 0 Å². The molecule has 0 aliphatic carbocycles. The van der Waals surface area contributed by atoms with Gasteiger partial charge in [0.05, 0.1) is 10.8 Å². The molecular weight excluding hydrogens is 274 g/mol.